The van der Waals surface area contributed by atoms with Crippen LogP contribution in [0.2, 0.25) is 0 Å². The first kappa shape index (κ1) is 11.5. The molecule has 0 radical (unpaired) electrons. The van der Waals surface area contributed by atoms with Gasteiger partial charge in [0.25, 0.3) is 0 Å². The van der Waals surface area contributed by atoms with Gasteiger partial charge in [0.15, 0.2) is 0 Å². The Bertz CT molecular complexity index is 342. The smallest absolute Gasteiger partial charge is 0.120 e. The topological polar surface area (TPSA) is 32.3 Å². The molecule has 0 unspecified atom stereocenters. The molecule has 0 bridgehead atoms. The number of hydrogen-bond donors (Lipinski definition) is 2. The lowest BCUT2D eigenvalue weighted by molar-refractivity contribution is 0.313. The molecule has 1 aliphatic rings. The van der Waals surface area contributed by atoms with Gasteiger partial charge >= 0.3 is 0 Å². The van der Waals surface area contributed by atoms with Gasteiger partial charge in [-0.05, 0) is 24.3 Å². The minimum absolute atomic E-state index is 0.395. The van der Waals surface area contributed by atoms with Gasteiger partial charge in [0, 0.05) is 18.7 Å². The molecule has 16 heavy (non-hydrogen) atoms. The molecule has 0 aromatic heterocycles. The fraction of sp³-hybridized carbons (Fsp3) is 0.571. The van der Waals surface area contributed by atoms with E-state index in [0.29, 0.717) is 11.2 Å². The van der Waals surface area contributed by atoms with Gasteiger partial charge in [-0.15, -0.1) is 0 Å². The molecule has 0 saturated heterocycles. The van der Waals surface area contributed by atoms with Crippen molar-refractivity contribution in [1.29, 1.82) is 0 Å². The van der Waals surface area contributed by atoms with E-state index in [1.807, 2.05) is 18.2 Å². The Hall–Kier alpha value is -1.02. The molecule has 2 nitrogen and oxygen atoms in total. The van der Waals surface area contributed by atoms with Crippen LogP contribution in [-0.2, 0) is 6.54 Å². The summed E-state index contributed by atoms with van der Waals surface area (Å²) in [5.41, 5.74) is 1.47. The first-order chi connectivity index (χ1) is 7.70. The van der Waals surface area contributed by atoms with E-state index >= 15 is 0 Å². The molecule has 1 saturated carbocycles. The van der Waals surface area contributed by atoms with Crippen molar-refractivity contribution in [2.75, 3.05) is 6.54 Å². The molecular weight excluding hydrogens is 198 g/mol. The van der Waals surface area contributed by atoms with Crippen LogP contribution < -0.4 is 5.32 Å². The molecule has 1 aromatic carbocycles. The second kappa shape index (κ2) is 4.88. The molecule has 0 heterocycles. The number of para-hydroxylation sites is 1. The Morgan fingerprint density at radius 2 is 1.94 bits per heavy atom. The summed E-state index contributed by atoms with van der Waals surface area (Å²) < 4.78 is 0. The van der Waals surface area contributed by atoms with Crippen molar-refractivity contribution in [2.24, 2.45) is 5.41 Å². The number of hydrogen-bond acceptors (Lipinski definition) is 2. The summed E-state index contributed by atoms with van der Waals surface area (Å²) in [6.45, 7) is 4.18. The van der Waals surface area contributed by atoms with Gasteiger partial charge in [-0.3, -0.25) is 0 Å². The number of aromatic hydroxyl groups is 1. The molecule has 0 atom stereocenters. The van der Waals surface area contributed by atoms with Crippen molar-refractivity contribution in [1.82, 2.24) is 5.32 Å². The van der Waals surface area contributed by atoms with Gasteiger partial charge in [0.05, 0.1) is 0 Å². The van der Waals surface area contributed by atoms with Crippen molar-refractivity contribution >= 4 is 0 Å². The summed E-state index contributed by atoms with van der Waals surface area (Å²) in [6.07, 6.45) is 5.41. The summed E-state index contributed by atoms with van der Waals surface area (Å²) >= 11 is 0. The zero-order chi connectivity index (χ0) is 11.4. The first-order valence-electron chi connectivity index (χ1n) is 6.17. The van der Waals surface area contributed by atoms with E-state index in [4.69, 9.17) is 0 Å². The van der Waals surface area contributed by atoms with Crippen LogP contribution in [0, 0.1) is 5.41 Å². The van der Waals surface area contributed by atoms with Crippen molar-refractivity contribution in [2.45, 2.75) is 39.2 Å². The second-order valence-electron chi connectivity index (χ2n) is 5.25. The third-order valence-electron chi connectivity index (χ3n) is 3.67. The minimum atomic E-state index is 0.395. The predicted molar refractivity (Wildman–Crippen MR) is 66.4 cm³/mol. The number of phenols is 1. The maximum absolute atomic E-state index is 9.63. The van der Waals surface area contributed by atoms with Gasteiger partial charge in [0.1, 0.15) is 5.75 Å². The monoisotopic (exact) mass is 219 g/mol. The maximum atomic E-state index is 9.63. The molecule has 1 aliphatic carbocycles. The van der Waals surface area contributed by atoms with Gasteiger partial charge in [0.2, 0.25) is 0 Å². The molecular formula is C14H21NO. The maximum Gasteiger partial charge on any atom is 0.120 e. The SMILES string of the molecule is CC1(CNCc2ccccc2O)CCCC1. The minimum Gasteiger partial charge on any atom is -0.508 e. The molecule has 88 valence electrons. The summed E-state index contributed by atoms with van der Waals surface area (Å²) in [7, 11) is 0. The molecule has 0 amide bonds. The molecule has 0 aliphatic heterocycles. The van der Waals surface area contributed by atoms with Crippen LogP contribution in [0.25, 0.3) is 0 Å². The highest BCUT2D eigenvalue weighted by Crippen LogP contribution is 2.36. The number of nitrogens with one attached hydrogen (secondary N) is 1. The number of benzene rings is 1. The van der Waals surface area contributed by atoms with E-state index in [1.165, 1.54) is 25.7 Å². The highest BCUT2D eigenvalue weighted by atomic mass is 16.3. The highest BCUT2D eigenvalue weighted by molar-refractivity contribution is 5.31. The summed E-state index contributed by atoms with van der Waals surface area (Å²) in [5, 5.41) is 13.1. The lowest BCUT2D eigenvalue weighted by atomic mass is 9.89. The molecule has 1 fully saturated rings. The van der Waals surface area contributed by atoms with Gasteiger partial charge in [-0.25, -0.2) is 0 Å². The molecule has 0 spiro atoms. The van der Waals surface area contributed by atoms with E-state index < -0.39 is 0 Å². The van der Waals surface area contributed by atoms with Crippen LogP contribution >= 0.6 is 0 Å². The Morgan fingerprint density at radius 1 is 1.25 bits per heavy atom. The van der Waals surface area contributed by atoms with Crippen LogP contribution in [0.4, 0.5) is 0 Å². The van der Waals surface area contributed by atoms with Gasteiger partial charge in [-0.2, -0.15) is 0 Å². The third-order valence-corrected chi connectivity index (χ3v) is 3.67. The third kappa shape index (κ3) is 2.76. The van der Waals surface area contributed by atoms with Gasteiger partial charge in [-0.1, -0.05) is 38.0 Å². The summed E-state index contributed by atoms with van der Waals surface area (Å²) in [5.74, 6) is 0.395. The molecule has 2 rings (SSSR count). The van der Waals surface area contributed by atoms with E-state index in [-0.39, 0.29) is 0 Å². The van der Waals surface area contributed by atoms with Crippen molar-refractivity contribution in [3.63, 3.8) is 0 Å². The Labute approximate surface area is 97.7 Å². The van der Waals surface area contributed by atoms with E-state index in [0.717, 1.165) is 18.7 Å². The normalized spacial score (nSPS) is 18.8. The second-order valence-corrected chi connectivity index (χ2v) is 5.25. The quantitative estimate of drug-likeness (QED) is 0.815. The Kier molecular flexibility index (Phi) is 3.49. The molecule has 1 aromatic rings. The number of phenolic OH excluding ortho intramolecular Hbond substituents is 1. The van der Waals surface area contributed by atoms with E-state index in [2.05, 4.69) is 12.2 Å². The number of rotatable bonds is 4. The standard InChI is InChI=1S/C14H21NO/c1-14(8-4-5-9-14)11-15-10-12-6-2-3-7-13(12)16/h2-3,6-7,15-16H,4-5,8-11H2,1H3. The van der Waals surface area contributed by atoms with Crippen molar-refractivity contribution in [3.8, 4) is 5.75 Å². The van der Waals surface area contributed by atoms with Crippen LogP contribution in [0.1, 0.15) is 38.2 Å². The van der Waals surface area contributed by atoms with Gasteiger partial charge < -0.3 is 10.4 Å². The first-order valence-corrected chi connectivity index (χ1v) is 6.17. The Morgan fingerprint density at radius 3 is 2.62 bits per heavy atom. The van der Waals surface area contributed by atoms with Crippen molar-refractivity contribution in [3.05, 3.63) is 29.8 Å². The fourth-order valence-corrected chi connectivity index (χ4v) is 2.56. The van der Waals surface area contributed by atoms with E-state index in [1.54, 1.807) is 6.07 Å². The largest absolute Gasteiger partial charge is 0.508 e. The lowest BCUT2D eigenvalue weighted by Gasteiger charge is -2.23. The molecule has 2 heteroatoms. The van der Waals surface area contributed by atoms with Crippen LogP contribution in [0.3, 0.4) is 0 Å². The average molecular weight is 219 g/mol. The highest BCUT2D eigenvalue weighted by Gasteiger charge is 2.27. The summed E-state index contributed by atoms with van der Waals surface area (Å²) in [4.78, 5) is 0. The lowest BCUT2D eigenvalue weighted by Crippen LogP contribution is -2.29. The van der Waals surface area contributed by atoms with Crippen LogP contribution in [0.5, 0.6) is 5.75 Å². The van der Waals surface area contributed by atoms with Crippen LogP contribution in [-0.4, -0.2) is 11.7 Å². The Balaban J connectivity index is 1.82. The summed E-state index contributed by atoms with van der Waals surface area (Å²) in [6, 6.07) is 7.54. The average Bonchev–Trinajstić information content (AvgIpc) is 2.68. The molecule has 2 N–H and O–H groups in total. The zero-order valence-corrected chi connectivity index (χ0v) is 10.00. The van der Waals surface area contributed by atoms with Crippen LogP contribution in [0.15, 0.2) is 24.3 Å². The fourth-order valence-electron chi connectivity index (χ4n) is 2.56. The zero-order valence-electron chi connectivity index (χ0n) is 10.00. The van der Waals surface area contributed by atoms with E-state index in [9.17, 15) is 5.11 Å². The van der Waals surface area contributed by atoms with Crippen molar-refractivity contribution < 1.29 is 5.11 Å². The predicted octanol–water partition coefficient (Wildman–Crippen LogP) is 3.06.